The van der Waals surface area contributed by atoms with E-state index in [0.29, 0.717) is 31.3 Å². The van der Waals surface area contributed by atoms with Gasteiger partial charge in [0.25, 0.3) is 0 Å². The van der Waals surface area contributed by atoms with Crippen molar-refractivity contribution in [3.05, 3.63) is 34.4 Å². The van der Waals surface area contributed by atoms with Crippen molar-refractivity contribution in [2.24, 2.45) is 28.6 Å². The Labute approximate surface area is 240 Å². The topological polar surface area (TPSA) is 135 Å². The molecule has 0 bridgehead atoms. The van der Waals surface area contributed by atoms with E-state index >= 15 is 0 Å². The summed E-state index contributed by atoms with van der Waals surface area (Å²) < 4.78 is 17.0. The Morgan fingerprint density at radius 2 is 1.88 bits per heavy atom. The number of fused-ring (bicyclic) bond motifs is 5. The molecule has 9 atom stereocenters. The van der Waals surface area contributed by atoms with Gasteiger partial charge in [0.1, 0.15) is 18.8 Å². The molecule has 0 spiro atoms. The van der Waals surface area contributed by atoms with Crippen LogP contribution < -0.4 is 10.9 Å². The van der Waals surface area contributed by atoms with Gasteiger partial charge in [-0.15, -0.1) is 0 Å². The average Bonchev–Trinajstić information content (AvgIpc) is 3.15. The first-order chi connectivity index (χ1) is 19.4. The number of amides is 2. The Kier molecular flexibility index (Phi) is 6.98. The molecule has 0 radical (unpaired) electrons. The van der Waals surface area contributed by atoms with E-state index < -0.39 is 28.8 Å². The van der Waals surface area contributed by atoms with Gasteiger partial charge < -0.3 is 24.3 Å². The van der Waals surface area contributed by atoms with Crippen molar-refractivity contribution in [3.8, 4) is 0 Å². The van der Waals surface area contributed by atoms with Crippen LogP contribution in [0.5, 0.6) is 0 Å². The largest absolute Gasteiger partial charge is 0.462 e. The zero-order chi connectivity index (χ0) is 29.2. The second-order valence-corrected chi connectivity index (χ2v) is 13.6. The summed E-state index contributed by atoms with van der Waals surface area (Å²) in [5.74, 6) is -0.100. The third kappa shape index (κ3) is 4.57. The number of carbonyl (C=O) groups is 3. The lowest BCUT2D eigenvalue weighted by molar-refractivity contribution is -0.205. The standard InChI is InChI=1S/C31H42N2O8/c1-18(34)40-24-15-31(38)23-6-5-20-14-21(41-28(37)33-13-12-32-25(35)16-33)8-10-29(20,2)22(23)9-11-30(31,3)27(24)19-4-7-26(36)39-17-19/h4,7,17,20-24,27,38H,5-6,8-16H2,1-3H3,(H,32,35)/t20-,21+,22+,23-,24+,27+,29+,30-,31+/m1/s1. The van der Waals surface area contributed by atoms with Crippen molar-refractivity contribution >= 4 is 18.0 Å². The Morgan fingerprint density at radius 3 is 2.59 bits per heavy atom. The highest BCUT2D eigenvalue weighted by Crippen LogP contribution is 2.71. The lowest BCUT2D eigenvalue weighted by Crippen LogP contribution is -2.62. The first-order valence-corrected chi connectivity index (χ1v) is 15.2. The summed E-state index contributed by atoms with van der Waals surface area (Å²) in [4.78, 5) is 49.9. The van der Waals surface area contributed by atoms with Crippen molar-refractivity contribution in [3.63, 3.8) is 0 Å². The van der Waals surface area contributed by atoms with Crippen LogP contribution in [0.15, 0.2) is 27.6 Å². The minimum absolute atomic E-state index is 0.00243. The molecule has 5 aliphatic rings. The lowest BCUT2D eigenvalue weighted by atomic mass is 9.43. The zero-order valence-corrected chi connectivity index (χ0v) is 24.2. The van der Waals surface area contributed by atoms with Crippen LogP contribution in [0.2, 0.25) is 0 Å². The quantitative estimate of drug-likeness (QED) is 0.528. The fourth-order valence-corrected chi connectivity index (χ4v) is 9.77. The van der Waals surface area contributed by atoms with E-state index in [1.165, 1.54) is 24.2 Å². The Morgan fingerprint density at radius 1 is 1.07 bits per heavy atom. The number of hydrogen-bond donors (Lipinski definition) is 2. The average molecular weight is 571 g/mol. The lowest BCUT2D eigenvalue weighted by Gasteiger charge is -2.63. The third-order valence-corrected chi connectivity index (χ3v) is 11.8. The second kappa shape index (κ2) is 10.1. The number of nitrogens with zero attached hydrogens (tertiary/aromatic N) is 1. The van der Waals surface area contributed by atoms with Gasteiger partial charge in [0, 0.05) is 43.8 Å². The van der Waals surface area contributed by atoms with Gasteiger partial charge >= 0.3 is 17.7 Å². The molecule has 2 heterocycles. The van der Waals surface area contributed by atoms with Gasteiger partial charge in [0.2, 0.25) is 5.91 Å². The highest BCUT2D eigenvalue weighted by atomic mass is 16.6. The number of hydrogen-bond acceptors (Lipinski definition) is 8. The predicted octanol–water partition coefficient (Wildman–Crippen LogP) is 3.36. The van der Waals surface area contributed by atoms with Crippen molar-refractivity contribution in [1.29, 1.82) is 0 Å². The van der Waals surface area contributed by atoms with Gasteiger partial charge in [-0.2, -0.15) is 0 Å². The molecule has 0 unspecified atom stereocenters. The summed E-state index contributed by atoms with van der Waals surface area (Å²) in [6.45, 7) is 6.82. The maximum atomic E-state index is 12.8. The molecular formula is C31H42N2O8. The maximum Gasteiger partial charge on any atom is 0.410 e. The van der Waals surface area contributed by atoms with Crippen LogP contribution in [0.25, 0.3) is 0 Å². The van der Waals surface area contributed by atoms with Gasteiger partial charge in [-0.05, 0) is 79.7 Å². The van der Waals surface area contributed by atoms with E-state index in [1.807, 2.05) is 0 Å². The zero-order valence-electron chi connectivity index (χ0n) is 24.2. The second-order valence-electron chi connectivity index (χ2n) is 13.6. The smallest absolute Gasteiger partial charge is 0.410 e. The van der Waals surface area contributed by atoms with Crippen LogP contribution in [0.3, 0.4) is 0 Å². The van der Waals surface area contributed by atoms with Gasteiger partial charge in [-0.25, -0.2) is 9.59 Å². The van der Waals surface area contributed by atoms with Gasteiger partial charge in [0.15, 0.2) is 0 Å². The van der Waals surface area contributed by atoms with Crippen LogP contribution in [-0.2, 0) is 19.1 Å². The SMILES string of the molecule is CC(=O)O[C@H]1C[C@]2(O)[C@@H]3CC[C@@H]4C[C@@H](OC(=O)N5CCNC(=O)C5)CC[C@]4(C)[C@H]3CC[C@]2(C)[C@H]1c1ccc(=O)oc1. The summed E-state index contributed by atoms with van der Waals surface area (Å²) >= 11 is 0. The van der Waals surface area contributed by atoms with Crippen LogP contribution in [0.4, 0.5) is 4.79 Å². The van der Waals surface area contributed by atoms with Gasteiger partial charge in [0.05, 0.1) is 11.9 Å². The van der Waals surface area contributed by atoms with E-state index in [4.69, 9.17) is 13.9 Å². The Balaban J connectivity index is 1.22. The van der Waals surface area contributed by atoms with E-state index in [1.54, 1.807) is 6.07 Å². The molecule has 4 saturated carbocycles. The minimum atomic E-state index is -1.04. The maximum absolute atomic E-state index is 12.8. The van der Waals surface area contributed by atoms with Gasteiger partial charge in [-0.1, -0.05) is 13.8 Å². The van der Waals surface area contributed by atoms with Crippen LogP contribution in [-0.4, -0.2) is 65.4 Å². The number of aliphatic hydroxyl groups is 1. The molecule has 1 aromatic rings. The normalized spacial score (nSPS) is 41.9. The third-order valence-electron chi connectivity index (χ3n) is 11.8. The first-order valence-electron chi connectivity index (χ1n) is 15.2. The highest BCUT2D eigenvalue weighted by Gasteiger charge is 2.70. The van der Waals surface area contributed by atoms with E-state index in [9.17, 15) is 24.3 Å². The summed E-state index contributed by atoms with van der Waals surface area (Å²) in [6.07, 6.45) is 6.70. The molecule has 2 N–H and O–H groups in total. The Hall–Kier alpha value is -2.88. The number of piperazine rings is 1. The van der Waals surface area contributed by atoms with Gasteiger partial charge in [-0.3, -0.25) is 14.5 Å². The summed E-state index contributed by atoms with van der Waals surface area (Å²) in [5, 5.41) is 15.4. The molecule has 0 aromatic carbocycles. The monoisotopic (exact) mass is 570 g/mol. The molecule has 10 nitrogen and oxygen atoms in total. The van der Waals surface area contributed by atoms with E-state index in [-0.39, 0.29) is 41.8 Å². The molecule has 1 aliphatic heterocycles. The van der Waals surface area contributed by atoms with E-state index in [2.05, 4.69) is 19.2 Å². The highest BCUT2D eigenvalue weighted by molar-refractivity contribution is 5.83. The summed E-state index contributed by atoms with van der Waals surface area (Å²) in [6, 6.07) is 3.14. The number of rotatable bonds is 3. The minimum Gasteiger partial charge on any atom is -0.462 e. The van der Waals surface area contributed by atoms with Crippen molar-refractivity contribution in [2.45, 2.75) is 95.9 Å². The molecule has 6 rings (SSSR count). The van der Waals surface area contributed by atoms with Crippen LogP contribution in [0, 0.1) is 28.6 Å². The summed E-state index contributed by atoms with van der Waals surface area (Å²) in [7, 11) is 0. The molecule has 1 saturated heterocycles. The van der Waals surface area contributed by atoms with Crippen molar-refractivity contribution in [1.82, 2.24) is 10.2 Å². The molecule has 10 heteroatoms. The van der Waals surface area contributed by atoms with Crippen LogP contribution in [0.1, 0.15) is 83.6 Å². The number of esters is 1. The molecule has 224 valence electrons. The molecular weight excluding hydrogens is 528 g/mol. The number of nitrogens with one attached hydrogen (secondary N) is 1. The van der Waals surface area contributed by atoms with E-state index in [0.717, 1.165) is 50.5 Å². The fourth-order valence-electron chi connectivity index (χ4n) is 9.77. The number of carbonyl (C=O) groups excluding carboxylic acids is 3. The fraction of sp³-hybridized carbons (Fsp3) is 0.742. The molecule has 41 heavy (non-hydrogen) atoms. The first kappa shape index (κ1) is 28.2. The molecule has 5 fully saturated rings. The molecule has 2 amide bonds. The van der Waals surface area contributed by atoms with Crippen molar-refractivity contribution in [2.75, 3.05) is 19.6 Å². The Bertz CT molecular complexity index is 1260. The predicted molar refractivity (Wildman–Crippen MR) is 147 cm³/mol. The van der Waals surface area contributed by atoms with Crippen LogP contribution >= 0.6 is 0 Å². The number of ether oxygens (including phenoxy) is 2. The summed E-state index contributed by atoms with van der Waals surface area (Å²) in [5.41, 5.74) is -1.24. The van der Waals surface area contributed by atoms with Crippen molar-refractivity contribution < 1.29 is 33.4 Å². The molecule has 4 aliphatic carbocycles. The molecule has 1 aromatic heterocycles.